The van der Waals surface area contributed by atoms with Crippen LogP contribution in [0.4, 0.5) is 0 Å². The van der Waals surface area contributed by atoms with Crippen molar-refractivity contribution in [1.82, 2.24) is 20.1 Å². The van der Waals surface area contributed by atoms with E-state index in [0.717, 1.165) is 15.6 Å². The molecular weight excluding hydrogens is 288 g/mol. The largest absolute Gasteiger partial charge is 0.481 e. The molecule has 0 spiro atoms. The maximum atomic E-state index is 12.5. The van der Waals surface area contributed by atoms with Crippen molar-refractivity contribution < 1.29 is 9.53 Å². The molecule has 0 aliphatic carbocycles. The summed E-state index contributed by atoms with van der Waals surface area (Å²) in [4.78, 5) is 18.0. The normalized spacial score (nSPS) is 12.3. The molecule has 2 heterocycles. The number of thiazole rings is 1. The molecule has 0 aliphatic heterocycles. The highest BCUT2D eigenvalue weighted by Gasteiger charge is 2.23. The molecule has 1 atom stereocenters. The first-order chi connectivity index (χ1) is 9.85. The molecule has 6 nitrogen and oxygen atoms in total. The summed E-state index contributed by atoms with van der Waals surface area (Å²) in [5.41, 5.74) is 2.09. The van der Waals surface area contributed by atoms with Crippen LogP contribution < -0.4 is 10.1 Å². The number of carbonyl (C=O) groups is 1. The number of hydrogen-bond donors (Lipinski definition) is 1. The van der Waals surface area contributed by atoms with Crippen LogP contribution in [0.25, 0.3) is 0 Å². The van der Waals surface area contributed by atoms with E-state index in [1.807, 2.05) is 20.8 Å². The van der Waals surface area contributed by atoms with Gasteiger partial charge in [-0.25, -0.2) is 9.67 Å². The Kier molecular flexibility index (Phi) is 4.32. The number of nitrogens with zero attached hydrogens (tertiary/aromatic N) is 3. The fraction of sp³-hybridized carbons (Fsp3) is 0.500. The number of carbonyl (C=O) groups excluding carboxylic acids is 1. The number of hydrogen-bond acceptors (Lipinski definition) is 5. The van der Waals surface area contributed by atoms with Crippen LogP contribution in [-0.4, -0.2) is 27.8 Å². The van der Waals surface area contributed by atoms with Gasteiger partial charge in [0.1, 0.15) is 5.56 Å². The van der Waals surface area contributed by atoms with Gasteiger partial charge in [0, 0.05) is 11.9 Å². The Morgan fingerprint density at radius 1 is 1.33 bits per heavy atom. The number of ether oxygens (including phenoxy) is 1. The van der Waals surface area contributed by atoms with Crippen LogP contribution in [0.1, 0.15) is 44.6 Å². The minimum absolute atomic E-state index is 0.104. The van der Waals surface area contributed by atoms with Crippen molar-refractivity contribution in [3.63, 3.8) is 0 Å². The van der Waals surface area contributed by atoms with Crippen LogP contribution in [0, 0.1) is 20.8 Å². The summed E-state index contributed by atoms with van der Waals surface area (Å²) in [7, 11) is 3.29. The Morgan fingerprint density at radius 3 is 2.52 bits per heavy atom. The highest BCUT2D eigenvalue weighted by molar-refractivity contribution is 7.11. The minimum atomic E-state index is -0.185. The van der Waals surface area contributed by atoms with E-state index in [9.17, 15) is 4.79 Å². The van der Waals surface area contributed by atoms with Gasteiger partial charge in [-0.05, 0) is 27.7 Å². The van der Waals surface area contributed by atoms with E-state index in [1.165, 1.54) is 7.11 Å². The van der Waals surface area contributed by atoms with E-state index in [1.54, 1.807) is 30.0 Å². The Morgan fingerprint density at radius 2 is 2.00 bits per heavy atom. The smallest absolute Gasteiger partial charge is 0.259 e. The predicted molar refractivity (Wildman–Crippen MR) is 82.0 cm³/mol. The summed E-state index contributed by atoms with van der Waals surface area (Å²) in [6, 6.07) is -0.104. The third-order valence-corrected chi connectivity index (χ3v) is 4.53. The van der Waals surface area contributed by atoms with Gasteiger partial charge in [-0.3, -0.25) is 4.79 Å². The van der Waals surface area contributed by atoms with Gasteiger partial charge in [-0.2, -0.15) is 5.10 Å². The SMILES string of the molecule is COc1c(C(=O)N[C@@H](C)c2sc(C)nc2C)c(C)nn1C. The summed E-state index contributed by atoms with van der Waals surface area (Å²) in [5, 5.41) is 8.22. The van der Waals surface area contributed by atoms with Crippen molar-refractivity contribution >= 4 is 17.2 Å². The lowest BCUT2D eigenvalue weighted by Crippen LogP contribution is -2.27. The molecule has 1 N–H and O–H groups in total. The molecule has 0 aromatic carbocycles. The molecule has 0 saturated carbocycles. The third kappa shape index (κ3) is 2.92. The third-order valence-electron chi connectivity index (χ3n) is 3.27. The fourth-order valence-corrected chi connectivity index (χ4v) is 3.35. The van der Waals surface area contributed by atoms with E-state index < -0.39 is 0 Å². The number of methoxy groups -OCH3 is 1. The van der Waals surface area contributed by atoms with Gasteiger partial charge in [-0.1, -0.05) is 0 Å². The molecule has 7 heteroatoms. The van der Waals surface area contributed by atoms with Crippen LogP contribution in [0.2, 0.25) is 0 Å². The molecule has 0 bridgehead atoms. The van der Waals surface area contributed by atoms with Crippen molar-refractivity contribution in [2.24, 2.45) is 7.05 Å². The Balaban J connectivity index is 2.24. The Bertz CT molecular complexity index is 675. The Hall–Kier alpha value is -1.89. The molecular formula is C14H20N4O2S. The van der Waals surface area contributed by atoms with Crippen LogP contribution in [0.3, 0.4) is 0 Å². The number of nitrogens with one attached hydrogen (secondary N) is 1. The lowest BCUT2D eigenvalue weighted by Gasteiger charge is -2.13. The molecule has 1 amide bonds. The van der Waals surface area contributed by atoms with Crippen LogP contribution in [0.5, 0.6) is 5.88 Å². The second-order valence-electron chi connectivity index (χ2n) is 4.97. The molecule has 2 aromatic heterocycles. The van der Waals surface area contributed by atoms with Gasteiger partial charge in [0.15, 0.2) is 0 Å². The summed E-state index contributed by atoms with van der Waals surface area (Å²) in [5.74, 6) is 0.282. The van der Waals surface area contributed by atoms with E-state index in [2.05, 4.69) is 15.4 Å². The van der Waals surface area contributed by atoms with Crippen LogP contribution >= 0.6 is 11.3 Å². The summed E-state index contributed by atoms with van der Waals surface area (Å²) < 4.78 is 6.83. The fourth-order valence-electron chi connectivity index (χ4n) is 2.42. The summed E-state index contributed by atoms with van der Waals surface area (Å²) in [6.45, 7) is 7.67. The van der Waals surface area contributed by atoms with Crippen molar-refractivity contribution in [3.8, 4) is 5.88 Å². The second kappa shape index (κ2) is 5.85. The first-order valence-electron chi connectivity index (χ1n) is 6.67. The van der Waals surface area contributed by atoms with Gasteiger partial charge < -0.3 is 10.1 Å². The van der Waals surface area contributed by atoms with Gasteiger partial charge in [0.25, 0.3) is 5.91 Å². The maximum absolute atomic E-state index is 12.5. The Labute approximate surface area is 128 Å². The number of rotatable bonds is 4. The minimum Gasteiger partial charge on any atom is -0.481 e. The van der Waals surface area contributed by atoms with Gasteiger partial charge >= 0.3 is 0 Å². The standard InChI is InChI=1S/C14H20N4O2S/c1-7-11(14(20-6)18(5)17-7)13(19)16-9(3)12-8(2)15-10(4)21-12/h9H,1-6H3,(H,16,19)/t9-/m0/s1. The second-order valence-corrected chi connectivity index (χ2v) is 6.21. The highest BCUT2D eigenvalue weighted by atomic mass is 32.1. The highest BCUT2D eigenvalue weighted by Crippen LogP contribution is 2.26. The quantitative estimate of drug-likeness (QED) is 0.941. The number of amides is 1. The van der Waals surface area contributed by atoms with Crippen molar-refractivity contribution in [3.05, 3.63) is 26.8 Å². The topological polar surface area (TPSA) is 69.0 Å². The van der Waals surface area contributed by atoms with Crippen LogP contribution in [0.15, 0.2) is 0 Å². The summed E-state index contributed by atoms with van der Waals surface area (Å²) >= 11 is 1.60. The van der Waals surface area contributed by atoms with Gasteiger partial charge in [-0.15, -0.1) is 11.3 Å². The number of aryl methyl sites for hydroxylation is 4. The zero-order valence-corrected chi connectivity index (χ0v) is 14.0. The monoisotopic (exact) mass is 308 g/mol. The summed E-state index contributed by atoms with van der Waals surface area (Å²) in [6.07, 6.45) is 0. The molecule has 21 heavy (non-hydrogen) atoms. The number of aromatic nitrogens is 3. The molecule has 2 rings (SSSR count). The average Bonchev–Trinajstić information content (AvgIpc) is 2.87. The van der Waals surface area contributed by atoms with E-state index in [4.69, 9.17) is 4.74 Å². The first-order valence-corrected chi connectivity index (χ1v) is 7.49. The lowest BCUT2D eigenvalue weighted by atomic mass is 10.2. The zero-order valence-electron chi connectivity index (χ0n) is 13.1. The van der Waals surface area contributed by atoms with Gasteiger partial charge in [0.05, 0.1) is 29.5 Å². The van der Waals surface area contributed by atoms with E-state index in [0.29, 0.717) is 17.1 Å². The molecule has 0 saturated heterocycles. The van der Waals surface area contributed by atoms with Crippen molar-refractivity contribution in [2.45, 2.75) is 33.7 Å². The molecule has 114 valence electrons. The van der Waals surface area contributed by atoms with Gasteiger partial charge in [0.2, 0.25) is 5.88 Å². The first kappa shape index (κ1) is 15.5. The van der Waals surface area contributed by atoms with E-state index >= 15 is 0 Å². The molecule has 0 aliphatic rings. The van der Waals surface area contributed by atoms with Crippen molar-refractivity contribution in [1.29, 1.82) is 0 Å². The molecule has 0 radical (unpaired) electrons. The van der Waals surface area contributed by atoms with Crippen molar-refractivity contribution in [2.75, 3.05) is 7.11 Å². The maximum Gasteiger partial charge on any atom is 0.259 e. The van der Waals surface area contributed by atoms with Crippen LogP contribution in [-0.2, 0) is 7.05 Å². The lowest BCUT2D eigenvalue weighted by molar-refractivity contribution is 0.0936. The molecule has 2 aromatic rings. The van der Waals surface area contributed by atoms with E-state index in [-0.39, 0.29) is 11.9 Å². The average molecular weight is 308 g/mol. The molecule has 0 unspecified atom stereocenters. The molecule has 0 fully saturated rings. The predicted octanol–water partition coefficient (Wildman–Crippen LogP) is 2.30. The zero-order chi connectivity index (χ0) is 15.7.